The van der Waals surface area contributed by atoms with E-state index in [1.807, 2.05) is 20.8 Å². The maximum absolute atomic E-state index is 11.3. The van der Waals surface area contributed by atoms with Crippen LogP contribution < -0.4 is 5.32 Å². The smallest absolute Gasteiger partial charge is 0.341 e. The fourth-order valence-electron chi connectivity index (χ4n) is 2.16. The van der Waals surface area contributed by atoms with Gasteiger partial charge in [-0.05, 0) is 26.8 Å². The van der Waals surface area contributed by atoms with Crippen LogP contribution in [0.15, 0.2) is 21.3 Å². The number of carbonyl (C=O) groups excluding carboxylic acids is 1. The van der Waals surface area contributed by atoms with Gasteiger partial charge in [0, 0.05) is 11.6 Å². The van der Waals surface area contributed by atoms with Crippen LogP contribution in [-0.2, 0) is 11.3 Å². The Bertz CT molecular complexity index is 581. The average Bonchev–Trinajstić information content (AvgIpc) is 3.02. The van der Waals surface area contributed by atoms with Crippen molar-refractivity contribution >= 4 is 5.97 Å². The maximum Gasteiger partial charge on any atom is 0.341 e. The molecule has 0 bridgehead atoms. The molecule has 0 aromatic carbocycles. The predicted octanol–water partition coefficient (Wildman–Crippen LogP) is 2.52. The zero-order valence-corrected chi connectivity index (χ0v) is 12.0. The van der Waals surface area contributed by atoms with Crippen molar-refractivity contribution in [2.45, 2.75) is 33.4 Å². The van der Waals surface area contributed by atoms with E-state index in [9.17, 15) is 4.79 Å². The molecule has 0 spiro atoms. The van der Waals surface area contributed by atoms with Crippen LogP contribution in [0.5, 0.6) is 0 Å². The molecule has 108 valence electrons. The van der Waals surface area contributed by atoms with Crippen molar-refractivity contribution < 1.29 is 18.5 Å². The highest BCUT2D eigenvalue weighted by atomic mass is 16.5. The summed E-state index contributed by atoms with van der Waals surface area (Å²) in [7, 11) is 1.34. The second kappa shape index (κ2) is 5.92. The first-order valence-electron chi connectivity index (χ1n) is 6.34. The van der Waals surface area contributed by atoms with Gasteiger partial charge in [-0.2, -0.15) is 0 Å². The van der Waals surface area contributed by atoms with Gasteiger partial charge in [0.25, 0.3) is 0 Å². The Morgan fingerprint density at radius 1 is 1.50 bits per heavy atom. The second-order valence-electron chi connectivity index (χ2n) is 4.63. The van der Waals surface area contributed by atoms with Crippen molar-refractivity contribution in [3.05, 3.63) is 40.7 Å². The third-order valence-corrected chi connectivity index (χ3v) is 3.18. The molecule has 0 aliphatic rings. The molecule has 20 heavy (non-hydrogen) atoms. The number of nitrogens with one attached hydrogen (secondary N) is 1. The first-order chi connectivity index (χ1) is 9.52. The topological polar surface area (TPSA) is 77.5 Å². The quantitative estimate of drug-likeness (QED) is 0.847. The molecule has 1 N–H and O–H groups in total. The molecular weight excluding hydrogens is 260 g/mol. The number of methoxy groups -OCH3 is 1. The Morgan fingerprint density at radius 3 is 2.85 bits per heavy atom. The van der Waals surface area contributed by atoms with Crippen LogP contribution in [0.1, 0.15) is 46.1 Å². The van der Waals surface area contributed by atoms with Gasteiger partial charge in [-0.25, -0.2) is 4.79 Å². The number of furan rings is 1. The Kier molecular flexibility index (Phi) is 4.24. The summed E-state index contributed by atoms with van der Waals surface area (Å²) >= 11 is 0. The largest absolute Gasteiger partial charge is 0.467 e. The van der Waals surface area contributed by atoms with Gasteiger partial charge in [-0.15, -0.1) is 0 Å². The van der Waals surface area contributed by atoms with Crippen molar-refractivity contribution in [3.63, 3.8) is 0 Å². The standard InChI is InChI=1S/C14H18N2O4/c1-8(13-9(2)16-20-10(13)3)15-6-12-5-11(7-19-12)14(17)18-4/h5,7-8,15H,6H2,1-4H3. The van der Waals surface area contributed by atoms with E-state index in [2.05, 4.69) is 15.2 Å². The van der Waals surface area contributed by atoms with Gasteiger partial charge >= 0.3 is 5.97 Å². The summed E-state index contributed by atoms with van der Waals surface area (Å²) in [5.74, 6) is 1.07. The minimum absolute atomic E-state index is 0.0768. The van der Waals surface area contributed by atoms with Crippen LogP contribution in [0.2, 0.25) is 0 Å². The van der Waals surface area contributed by atoms with Crippen LogP contribution in [0.3, 0.4) is 0 Å². The summed E-state index contributed by atoms with van der Waals surface area (Å²) in [6.45, 7) is 6.32. The number of aryl methyl sites for hydroxylation is 2. The number of hydrogen-bond donors (Lipinski definition) is 1. The van der Waals surface area contributed by atoms with E-state index in [0.29, 0.717) is 17.9 Å². The van der Waals surface area contributed by atoms with E-state index in [1.54, 1.807) is 6.07 Å². The normalized spacial score (nSPS) is 12.4. The van der Waals surface area contributed by atoms with Crippen molar-refractivity contribution in [3.8, 4) is 0 Å². The first kappa shape index (κ1) is 14.3. The lowest BCUT2D eigenvalue weighted by molar-refractivity contribution is 0.0600. The number of aromatic nitrogens is 1. The van der Waals surface area contributed by atoms with Gasteiger partial charge < -0.3 is 19.0 Å². The third kappa shape index (κ3) is 2.91. The maximum atomic E-state index is 11.3. The lowest BCUT2D eigenvalue weighted by Crippen LogP contribution is -2.18. The fourth-order valence-corrected chi connectivity index (χ4v) is 2.16. The van der Waals surface area contributed by atoms with Gasteiger partial charge in [0.15, 0.2) is 0 Å². The van der Waals surface area contributed by atoms with E-state index >= 15 is 0 Å². The van der Waals surface area contributed by atoms with Crippen molar-refractivity contribution in [1.29, 1.82) is 0 Å². The highest BCUT2D eigenvalue weighted by molar-refractivity contribution is 5.88. The average molecular weight is 278 g/mol. The fraction of sp³-hybridized carbons (Fsp3) is 0.429. The molecule has 0 aliphatic heterocycles. The molecule has 1 unspecified atom stereocenters. The summed E-state index contributed by atoms with van der Waals surface area (Å²) in [4.78, 5) is 11.3. The summed E-state index contributed by atoms with van der Waals surface area (Å²) in [5, 5.41) is 7.24. The molecule has 6 heteroatoms. The zero-order chi connectivity index (χ0) is 14.7. The number of hydrogen-bond acceptors (Lipinski definition) is 6. The van der Waals surface area contributed by atoms with Crippen LogP contribution in [0, 0.1) is 13.8 Å². The van der Waals surface area contributed by atoms with Gasteiger partial charge in [-0.3, -0.25) is 0 Å². The van der Waals surface area contributed by atoms with Crippen molar-refractivity contribution in [2.24, 2.45) is 0 Å². The SMILES string of the molecule is COC(=O)c1coc(CNC(C)c2c(C)noc2C)c1. The lowest BCUT2D eigenvalue weighted by Gasteiger charge is -2.12. The Hall–Kier alpha value is -2.08. The molecule has 0 radical (unpaired) electrons. The molecule has 0 aliphatic carbocycles. The van der Waals surface area contributed by atoms with Crippen molar-refractivity contribution in [1.82, 2.24) is 10.5 Å². The van der Waals surface area contributed by atoms with E-state index < -0.39 is 5.97 Å². The van der Waals surface area contributed by atoms with E-state index in [0.717, 1.165) is 17.0 Å². The Balaban J connectivity index is 1.98. The van der Waals surface area contributed by atoms with E-state index in [-0.39, 0.29) is 6.04 Å². The monoisotopic (exact) mass is 278 g/mol. The molecule has 2 heterocycles. The molecule has 0 saturated heterocycles. The Morgan fingerprint density at radius 2 is 2.25 bits per heavy atom. The number of rotatable bonds is 5. The molecule has 1 atom stereocenters. The predicted molar refractivity (Wildman–Crippen MR) is 71.3 cm³/mol. The number of esters is 1. The van der Waals surface area contributed by atoms with Gasteiger partial charge in [0.2, 0.25) is 0 Å². The van der Waals surface area contributed by atoms with Crippen LogP contribution >= 0.6 is 0 Å². The summed E-state index contributed by atoms with van der Waals surface area (Å²) in [6.07, 6.45) is 1.39. The number of carbonyl (C=O) groups is 1. The molecular formula is C14H18N2O4. The summed E-state index contributed by atoms with van der Waals surface area (Å²) in [5.41, 5.74) is 2.33. The molecule has 0 saturated carbocycles. The van der Waals surface area contributed by atoms with Gasteiger partial charge in [0.1, 0.15) is 17.8 Å². The molecule has 0 fully saturated rings. The summed E-state index contributed by atoms with van der Waals surface area (Å²) < 4.78 is 15.1. The molecule has 2 aromatic heterocycles. The zero-order valence-electron chi connectivity index (χ0n) is 12.0. The number of ether oxygens (including phenoxy) is 1. The highest BCUT2D eigenvalue weighted by Crippen LogP contribution is 2.21. The summed E-state index contributed by atoms with van der Waals surface area (Å²) in [6, 6.07) is 1.74. The number of nitrogens with zero attached hydrogens (tertiary/aromatic N) is 1. The van der Waals surface area contributed by atoms with Gasteiger partial charge in [-0.1, -0.05) is 5.16 Å². The van der Waals surface area contributed by atoms with E-state index in [4.69, 9.17) is 8.94 Å². The van der Waals surface area contributed by atoms with E-state index in [1.165, 1.54) is 13.4 Å². The van der Waals surface area contributed by atoms with Crippen LogP contribution in [0.4, 0.5) is 0 Å². The Labute approximate surface area is 117 Å². The first-order valence-corrected chi connectivity index (χ1v) is 6.34. The lowest BCUT2D eigenvalue weighted by atomic mass is 10.1. The molecule has 2 rings (SSSR count). The minimum Gasteiger partial charge on any atom is -0.467 e. The third-order valence-electron chi connectivity index (χ3n) is 3.18. The van der Waals surface area contributed by atoms with Crippen LogP contribution in [0.25, 0.3) is 0 Å². The second-order valence-corrected chi connectivity index (χ2v) is 4.63. The van der Waals surface area contributed by atoms with Gasteiger partial charge in [0.05, 0.1) is 24.9 Å². The van der Waals surface area contributed by atoms with Crippen molar-refractivity contribution in [2.75, 3.05) is 7.11 Å². The minimum atomic E-state index is -0.404. The molecule has 6 nitrogen and oxygen atoms in total. The van der Waals surface area contributed by atoms with Crippen LogP contribution in [-0.4, -0.2) is 18.2 Å². The molecule has 2 aromatic rings. The highest BCUT2D eigenvalue weighted by Gasteiger charge is 2.17. The molecule has 0 amide bonds.